The van der Waals surface area contributed by atoms with Gasteiger partial charge < -0.3 is 0 Å². The minimum atomic E-state index is -3.47. The molecular formula is C16H18N2O2S. The summed E-state index contributed by atoms with van der Waals surface area (Å²) < 4.78 is 28.1. The van der Waals surface area contributed by atoms with E-state index in [2.05, 4.69) is 4.72 Å². The number of rotatable bonds is 3. The molecule has 110 valence electrons. The Morgan fingerprint density at radius 2 is 1.90 bits per heavy atom. The number of nitrogens with zero attached hydrogens (tertiary/aromatic N) is 1. The monoisotopic (exact) mass is 302 g/mol. The molecule has 1 aromatic carbocycles. The molecule has 0 heterocycles. The van der Waals surface area contributed by atoms with E-state index in [0.29, 0.717) is 27.9 Å². The highest BCUT2D eigenvalue weighted by Gasteiger charge is 2.65. The largest absolute Gasteiger partial charge is 0.241 e. The topological polar surface area (TPSA) is 70.0 Å². The minimum absolute atomic E-state index is 0.149. The van der Waals surface area contributed by atoms with Crippen molar-refractivity contribution in [1.29, 1.82) is 5.26 Å². The summed E-state index contributed by atoms with van der Waals surface area (Å²) >= 11 is 0. The molecule has 3 aliphatic carbocycles. The summed E-state index contributed by atoms with van der Waals surface area (Å²) in [4.78, 5) is 0.304. The fourth-order valence-electron chi connectivity index (χ4n) is 4.75. The van der Waals surface area contributed by atoms with Crippen LogP contribution in [0.15, 0.2) is 23.1 Å². The average molecular weight is 302 g/mol. The van der Waals surface area contributed by atoms with Gasteiger partial charge >= 0.3 is 0 Å². The molecule has 0 saturated heterocycles. The second kappa shape index (κ2) is 4.31. The van der Waals surface area contributed by atoms with Gasteiger partial charge in [0.05, 0.1) is 16.5 Å². The Bertz CT molecular complexity index is 734. The van der Waals surface area contributed by atoms with Crippen molar-refractivity contribution in [2.45, 2.75) is 37.1 Å². The molecule has 0 spiro atoms. The first-order valence-corrected chi connectivity index (χ1v) is 9.02. The number of aryl methyl sites for hydroxylation is 1. The molecule has 3 aliphatic rings. The predicted octanol–water partition coefficient (Wildman–Crippen LogP) is 2.19. The van der Waals surface area contributed by atoms with E-state index in [4.69, 9.17) is 5.26 Å². The first-order chi connectivity index (χ1) is 10.0. The van der Waals surface area contributed by atoms with E-state index in [9.17, 15) is 8.42 Å². The van der Waals surface area contributed by atoms with Gasteiger partial charge in [-0.15, -0.1) is 0 Å². The number of benzene rings is 1. The van der Waals surface area contributed by atoms with E-state index in [0.717, 1.165) is 11.8 Å². The Morgan fingerprint density at radius 1 is 1.24 bits per heavy atom. The lowest BCUT2D eigenvalue weighted by atomic mass is 10.0. The predicted molar refractivity (Wildman–Crippen MR) is 77.8 cm³/mol. The standard InChI is InChI=1S/C16H18N2O2S/c1-9-6-10(8-17)2-5-13(9)21(19,20)18-16-14-11-3-4-12(7-11)15(14)16/h2,5-6,11-12,14-16,18H,3-4,7H2,1H3. The summed E-state index contributed by atoms with van der Waals surface area (Å²) in [6.45, 7) is 1.74. The van der Waals surface area contributed by atoms with Crippen LogP contribution in [0, 0.1) is 41.9 Å². The van der Waals surface area contributed by atoms with Crippen LogP contribution < -0.4 is 4.72 Å². The molecule has 0 aliphatic heterocycles. The first-order valence-electron chi connectivity index (χ1n) is 7.54. The molecule has 4 unspecified atom stereocenters. The van der Waals surface area contributed by atoms with Gasteiger partial charge in [-0.3, -0.25) is 0 Å². The number of nitrogens with one attached hydrogen (secondary N) is 1. The van der Waals surface area contributed by atoms with Crippen LogP contribution in [-0.4, -0.2) is 14.5 Å². The molecule has 0 radical (unpaired) electrons. The highest BCUT2D eigenvalue weighted by molar-refractivity contribution is 7.89. The van der Waals surface area contributed by atoms with E-state index < -0.39 is 10.0 Å². The molecule has 0 aromatic heterocycles. The SMILES string of the molecule is Cc1cc(C#N)ccc1S(=O)(=O)NC1C2C3CCC(C3)C12. The Hall–Kier alpha value is -1.38. The van der Waals surface area contributed by atoms with Gasteiger partial charge in [0, 0.05) is 6.04 Å². The second-order valence-corrected chi connectivity index (χ2v) is 8.41. The smallest absolute Gasteiger partial charge is 0.207 e. The highest BCUT2D eigenvalue weighted by atomic mass is 32.2. The molecule has 0 amide bonds. The fourth-order valence-corrected chi connectivity index (χ4v) is 6.28. The number of hydrogen-bond acceptors (Lipinski definition) is 3. The van der Waals surface area contributed by atoms with Crippen LogP contribution in [-0.2, 0) is 10.0 Å². The van der Waals surface area contributed by atoms with Gasteiger partial charge in [-0.1, -0.05) is 0 Å². The number of nitriles is 1. The average Bonchev–Trinajstić information content (AvgIpc) is 2.85. The number of sulfonamides is 1. The third kappa shape index (κ3) is 1.93. The van der Waals surface area contributed by atoms with Crippen molar-refractivity contribution in [3.63, 3.8) is 0 Å². The Morgan fingerprint density at radius 3 is 2.48 bits per heavy atom. The molecule has 4 nitrogen and oxygen atoms in total. The van der Waals surface area contributed by atoms with Crippen molar-refractivity contribution < 1.29 is 8.42 Å². The van der Waals surface area contributed by atoms with E-state index in [-0.39, 0.29) is 6.04 Å². The molecule has 1 N–H and O–H groups in total. The van der Waals surface area contributed by atoms with Crippen molar-refractivity contribution in [3.05, 3.63) is 29.3 Å². The summed E-state index contributed by atoms with van der Waals surface area (Å²) in [5.74, 6) is 2.65. The van der Waals surface area contributed by atoms with Crippen LogP contribution in [0.3, 0.4) is 0 Å². The van der Waals surface area contributed by atoms with Crippen molar-refractivity contribution in [3.8, 4) is 6.07 Å². The quantitative estimate of drug-likeness (QED) is 0.930. The van der Waals surface area contributed by atoms with Crippen LogP contribution in [0.25, 0.3) is 0 Å². The van der Waals surface area contributed by atoms with Crippen LogP contribution >= 0.6 is 0 Å². The molecule has 2 bridgehead atoms. The van der Waals surface area contributed by atoms with Gasteiger partial charge in [0.15, 0.2) is 0 Å². The van der Waals surface area contributed by atoms with E-state index in [1.807, 2.05) is 6.07 Å². The van der Waals surface area contributed by atoms with Crippen molar-refractivity contribution in [2.24, 2.45) is 23.7 Å². The second-order valence-electron chi connectivity index (χ2n) is 6.73. The normalized spacial score (nSPS) is 36.3. The maximum absolute atomic E-state index is 12.6. The maximum Gasteiger partial charge on any atom is 0.241 e. The van der Waals surface area contributed by atoms with Crippen molar-refractivity contribution in [2.75, 3.05) is 0 Å². The van der Waals surface area contributed by atoms with E-state index in [1.165, 1.54) is 19.3 Å². The number of hydrogen-bond donors (Lipinski definition) is 1. The van der Waals surface area contributed by atoms with E-state index in [1.54, 1.807) is 25.1 Å². The van der Waals surface area contributed by atoms with Gasteiger partial charge in [0.2, 0.25) is 10.0 Å². The molecular weight excluding hydrogens is 284 g/mol. The summed E-state index contributed by atoms with van der Waals surface area (Å²) in [7, 11) is -3.47. The Balaban J connectivity index is 1.57. The highest BCUT2D eigenvalue weighted by Crippen LogP contribution is 2.65. The zero-order valence-electron chi connectivity index (χ0n) is 11.9. The summed E-state index contributed by atoms with van der Waals surface area (Å²) in [5.41, 5.74) is 1.13. The molecule has 3 fully saturated rings. The molecule has 4 atom stereocenters. The molecule has 5 heteroatoms. The maximum atomic E-state index is 12.6. The molecule has 21 heavy (non-hydrogen) atoms. The molecule has 4 rings (SSSR count). The zero-order chi connectivity index (χ0) is 14.8. The summed E-state index contributed by atoms with van der Waals surface area (Å²) in [6, 6.07) is 6.93. The minimum Gasteiger partial charge on any atom is -0.207 e. The van der Waals surface area contributed by atoms with Crippen LogP contribution in [0.2, 0.25) is 0 Å². The van der Waals surface area contributed by atoms with Gasteiger partial charge in [-0.2, -0.15) is 5.26 Å². The fraction of sp³-hybridized carbons (Fsp3) is 0.562. The van der Waals surface area contributed by atoms with Crippen molar-refractivity contribution in [1.82, 2.24) is 4.72 Å². The first kappa shape index (κ1) is 13.3. The van der Waals surface area contributed by atoms with Gasteiger partial charge in [0.1, 0.15) is 0 Å². The molecule has 1 aromatic rings. The summed E-state index contributed by atoms with van der Waals surface area (Å²) in [6.07, 6.45) is 3.86. The van der Waals surface area contributed by atoms with Crippen LogP contribution in [0.4, 0.5) is 0 Å². The van der Waals surface area contributed by atoms with Gasteiger partial charge in [-0.25, -0.2) is 13.1 Å². The lowest BCUT2D eigenvalue weighted by Crippen LogP contribution is -2.30. The van der Waals surface area contributed by atoms with Gasteiger partial charge in [-0.05, 0) is 73.6 Å². The number of fused-ring (bicyclic) bond motifs is 5. The van der Waals surface area contributed by atoms with Gasteiger partial charge in [0.25, 0.3) is 0 Å². The molecule has 3 saturated carbocycles. The third-order valence-electron chi connectivity index (χ3n) is 5.62. The third-order valence-corrected chi connectivity index (χ3v) is 7.24. The van der Waals surface area contributed by atoms with E-state index >= 15 is 0 Å². The van der Waals surface area contributed by atoms with Crippen LogP contribution in [0.1, 0.15) is 30.4 Å². The Kier molecular flexibility index (Phi) is 2.73. The zero-order valence-corrected chi connectivity index (χ0v) is 12.7. The lowest BCUT2D eigenvalue weighted by molar-refractivity contribution is 0.456. The van der Waals surface area contributed by atoms with Crippen LogP contribution in [0.5, 0.6) is 0 Å². The van der Waals surface area contributed by atoms with Crippen molar-refractivity contribution >= 4 is 10.0 Å². The summed E-state index contributed by atoms with van der Waals surface area (Å²) in [5, 5.41) is 8.87. The lowest BCUT2D eigenvalue weighted by Gasteiger charge is -2.13. The Labute approximate surface area is 125 Å².